The van der Waals surface area contributed by atoms with E-state index in [4.69, 9.17) is 4.52 Å². The molecule has 3 fully saturated rings. The Balaban J connectivity index is 1.25. The van der Waals surface area contributed by atoms with Gasteiger partial charge in [-0.2, -0.15) is 4.98 Å². The number of nitrogens with one attached hydrogen (secondary N) is 1. The lowest BCUT2D eigenvalue weighted by atomic mass is 9.86. The molecule has 2 saturated carbocycles. The topological polar surface area (TPSA) is 84.2 Å². The highest BCUT2D eigenvalue weighted by molar-refractivity contribution is 7.11. The van der Waals surface area contributed by atoms with Gasteiger partial charge in [-0.15, -0.1) is 11.3 Å². The van der Waals surface area contributed by atoms with Crippen molar-refractivity contribution in [1.29, 1.82) is 0 Å². The van der Waals surface area contributed by atoms with E-state index < -0.39 is 0 Å². The first kappa shape index (κ1) is 16.4. The highest BCUT2D eigenvalue weighted by atomic mass is 32.1. The molecule has 1 amide bonds. The predicted molar refractivity (Wildman–Crippen MR) is 95.9 cm³/mol. The van der Waals surface area contributed by atoms with Gasteiger partial charge in [-0.1, -0.05) is 11.6 Å². The summed E-state index contributed by atoms with van der Waals surface area (Å²) in [6, 6.07) is 0.392. The molecule has 0 bridgehead atoms. The van der Waals surface area contributed by atoms with E-state index in [0.717, 1.165) is 38.8 Å². The van der Waals surface area contributed by atoms with E-state index in [2.05, 4.69) is 25.3 Å². The minimum Gasteiger partial charge on any atom is -0.346 e. The Morgan fingerprint density at radius 1 is 1.27 bits per heavy atom. The molecule has 0 aromatic carbocycles. The van der Waals surface area contributed by atoms with Gasteiger partial charge in [-0.25, -0.2) is 4.98 Å². The number of rotatable bonds is 6. The van der Waals surface area contributed by atoms with Crippen molar-refractivity contribution in [1.82, 2.24) is 25.3 Å². The number of hydrogen-bond acceptors (Lipinski definition) is 7. The van der Waals surface area contributed by atoms with Crippen LogP contribution >= 0.6 is 11.3 Å². The third kappa shape index (κ3) is 3.27. The van der Waals surface area contributed by atoms with Gasteiger partial charge in [-0.3, -0.25) is 9.69 Å². The molecular weight excluding hydrogens is 350 g/mol. The van der Waals surface area contributed by atoms with Crippen LogP contribution in [-0.4, -0.2) is 38.5 Å². The van der Waals surface area contributed by atoms with Crippen molar-refractivity contribution >= 4 is 17.2 Å². The lowest BCUT2D eigenvalue weighted by Gasteiger charge is -2.23. The average Bonchev–Trinajstić information content (AvgIpc) is 3.02. The van der Waals surface area contributed by atoms with Crippen molar-refractivity contribution in [3.8, 4) is 0 Å². The third-order valence-electron chi connectivity index (χ3n) is 5.59. The number of likely N-dealkylation sites (tertiary alicyclic amines) is 1. The van der Waals surface area contributed by atoms with Gasteiger partial charge in [0.05, 0.1) is 11.0 Å². The van der Waals surface area contributed by atoms with Gasteiger partial charge in [0, 0.05) is 29.6 Å². The normalized spacial score (nSPS) is 23.9. The number of aromatic nitrogens is 3. The summed E-state index contributed by atoms with van der Waals surface area (Å²) in [5, 5.41) is 8.09. The second-order valence-corrected chi connectivity index (χ2v) is 8.77. The van der Waals surface area contributed by atoms with Crippen molar-refractivity contribution in [2.24, 2.45) is 0 Å². The van der Waals surface area contributed by atoms with E-state index in [-0.39, 0.29) is 17.8 Å². The SMILES string of the molecule is O=C(NC1CC1)c1noc([C@H]2CCCN2Cc2cnc(C3CCC3)s2)n1. The van der Waals surface area contributed by atoms with Gasteiger partial charge >= 0.3 is 0 Å². The summed E-state index contributed by atoms with van der Waals surface area (Å²) in [4.78, 5) is 24.7. The van der Waals surface area contributed by atoms with Crippen LogP contribution in [-0.2, 0) is 6.54 Å². The van der Waals surface area contributed by atoms with Gasteiger partial charge in [-0.05, 0) is 45.1 Å². The van der Waals surface area contributed by atoms with Crippen LogP contribution in [0.2, 0.25) is 0 Å². The van der Waals surface area contributed by atoms with E-state index in [0.29, 0.717) is 17.9 Å². The van der Waals surface area contributed by atoms with Crippen LogP contribution < -0.4 is 5.32 Å². The molecule has 2 aliphatic carbocycles. The summed E-state index contributed by atoms with van der Waals surface area (Å²) in [6.45, 7) is 1.87. The average molecular weight is 373 g/mol. The molecule has 1 saturated heterocycles. The number of thiazole rings is 1. The zero-order valence-corrected chi connectivity index (χ0v) is 15.5. The van der Waals surface area contributed by atoms with Crippen LogP contribution in [0.4, 0.5) is 0 Å². The van der Waals surface area contributed by atoms with E-state index in [1.54, 1.807) is 0 Å². The molecule has 7 nitrogen and oxygen atoms in total. The monoisotopic (exact) mass is 373 g/mol. The Kier molecular flexibility index (Phi) is 4.24. The summed E-state index contributed by atoms with van der Waals surface area (Å²) in [5.74, 6) is 1.18. The van der Waals surface area contributed by atoms with E-state index >= 15 is 0 Å². The van der Waals surface area contributed by atoms with E-state index in [9.17, 15) is 4.79 Å². The molecule has 0 unspecified atom stereocenters. The largest absolute Gasteiger partial charge is 0.346 e. The zero-order valence-electron chi connectivity index (χ0n) is 14.7. The van der Waals surface area contributed by atoms with Gasteiger partial charge in [0.15, 0.2) is 0 Å². The number of nitrogens with zero attached hydrogens (tertiary/aromatic N) is 4. The smallest absolute Gasteiger partial charge is 0.292 e. The molecule has 2 aromatic rings. The van der Waals surface area contributed by atoms with Crippen LogP contribution in [0.15, 0.2) is 10.7 Å². The Morgan fingerprint density at radius 3 is 2.92 bits per heavy atom. The van der Waals surface area contributed by atoms with Crippen LogP contribution in [0.1, 0.15) is 83.3 Å². The lowest BCUT2D eigenvalue weighted by molar-refractivity contribution is 0.0937. The highest BCUT2D eigenvalue weighted by Crippen LogP contribution is 2.39. The fourth-order valence-corrected chi connectivity index (χ4v) is 4.79. The summed E-state index contributed by atoms with van der Waals surface area (Å²) in [6.07, 6.45) is 10.1. The van der Waals surface area contributed by atoms with Gasteiger partial charge < -0.3 is 9.84 Å². The first-order valence-electron chi connectivity index (χ1n) is 9.59. The van der Waals surface area contributed by atoms with E-state index in [1.807, 2.05) is 17.5 Å². The molecule has 26 heavy (non-hydrogen) atoms. The highest BCUT2D eigenvalue weighted by Gasteiger charge is 2.33. The Bertz CT molecular complexity index is 795. The minimum absolute atomic E-state index is 0.0965. The van der Waals surface area contributed by atoms with Crippen LogP contribution in [0.3, 0.4) is 0 Å². The second-order valence-electron chi connectivity index (χ2n) is 7.63. The van der Waals surface area contributed by atoms with Crippen molar-refractivity contribution < 1.29 is 9.32 Å². The standard InChI is InChI=1S/C18H23N5O2S/c24-16(20-12-6-7-12)15-21-17(25-22-15)14-5-2-8-23(14)10-13-9-19-18(26-13)11-3-1-4-11/h9,11-12,14H,1-8,10H2,(H,20,24)/t14-/m1/s1. The Morgan fingerprint density at radius 2 is 2.15 bits per heavy atom. The summed E-state index contributed by atoms with van der Waals surface area (Å²) >= 11 is 1.84. The van der Waals surface area contributed by atoms with Crippen molar-refractivity contribution in [2.45, 2.75) is 69.5 Å². The zero-order chi connectivity index (χ0) is 17.5. The molecule has 1 aliphatic heterocycles. The maximum absolute atomic E-state index is 12.1. The van der Waals surface area contributed by atoms with E-state index in [1.165, 1.54) is 29.1 Å². The van der Waals surface area contributed by atoms with Gasteiger partial charge in [0.2, 0.25) is 5.89 Å². The molecule has 1 atom stereocenters. The molecule has 2 aromatic heterocycles. The maximum Gasteiger partial charge on any atom is 0.292 e. The van der Waals surface area contributed by atoms with Gasteiger partial charge in [0.25, 0.3) is 11.7 Å². The molecule has 3 heterocycles. The fourth-order valence-electron chi connectivity index (χ4n) is 3.68. The minimum atomic E-state index is -0.223. The number of hydrogen-bond donors (Lipinski definition) is 1. The van der Waals surface area contributed by atoms with Crippen molar-refractivity contribution in [3.05, 3.63) is 27.8 Å². The van der Waals surface area contributed by atoms with Crippen LogP contribution in [0.5, 0.6) is 0 Å². The quantitative estimate of drug-likeness (QED) is 0.838. The van der Waals surface area contributed by atoms with Gasteiger partial charge in [0.1, 0.15) is 0 Å². The first-order chi connectivity index (χ1) is 12.8. The molecule has 0 spiro atoms. The Labute approximate surface area is 156 Å². The summed E-state index contributed by atoms with van der Waals surface area (Å²) in [7, 11) is 0. The predicted octanol–water partition coefficient (Wildman–Crippen LogP) is 3.02. The van der Waals surface area contributed by atoms with Crippen molar-refractivity contribution in [2.75, 3.05) is 6.54 Å². The third-order valence-corrected chi connectivity index (χ3v) is 6.74. The summed E-state index contributed by atoms with van der Waals surface area (Å²) < 4.78 is 5.43. The Hall–Kier alpha value is -1.80. The molecule has 5 rings (SSSR count). The molecular formula is C18H23N5O2S. The first-order valence-corrected chi connectivity index (χ1v) is 10.4. The molecule has 3 aliphatic rings. The van der Waals surface area contributed by atoms with Crippen LogP contribution in [0, 0.1) is 0 Å². The molecule has 138 valence electrons. The fraction of sp³-hybridized carbons (Fsp3) is 0.667. The summed E-state index contributed by atoms with van der Waals surface area (Å²) in [5.41, 5.74) is 0. The lowest BCUT2D eigenvalue weighted by Crippen LogP contribution is -2.26. The second kappa shape index (κ2) is 6.74. The number of carbonyl (C=O) groups excluding carboxylic acids is 1. The molecule has 8 heteroatoms. The maximum atomic E-state index is 12.1. The molecule has 0 radical (unpaired) electrons. The van der Waals surface area contributed by atoms with Crippen molar-refractivity contribution in [3.63, 3.8) is 0 Å². The van der Waals surface area contributed by atoms with Crippen LogP contribution in [0.25, 0.3) is 0 Å². The molecule has 1 N–H and O–H groups in total. The number of carbonyl (C=O) groups is 1. The number of amides is 1.